The molecule has 92 heavy (non-hydrogen) atoms. The van der Waals surface area contributed by atoms with Crippen molar-refractivity contribution in [1.29, 1.82) is 0 Å². The summed E-state index contributed by atoms with van der Waals surface area (Å²) in [5.41, 5.74) is 5.36. The van der Waals surface area contributed by atoms with Gasteiger partial charge in [-0.05, 0) is 58.9 Å². The van der Waals surface area contributed by atoms with Gasteiger partial charge in [0.25, 0.3) is 0 Å². The summed E-state index contributed by atoms with van der Waals surface area (Å²) in [5, 5.41) is 78.9. The Balaban J connectivity index is 0.000000543. The molecule has 0 aromatic rings. The van der Waals surface area contributed by atoms with Gasteiger partial charge < -0.3 is 135 Å². The van der Waals surface area contributed by atoms with Gasteiger partial charge in [-0.1, -0.05) is 27.7 Å². The number of aliphatic hydroxyl groups excluding tert-OH is 6. The van der Waals surface area contributed by atoms with Gasteiger partial charge in [0.15, 0.2) is 45.8 Å². The van der Waals surface area contributed by atoms with Crippen LogP contribution in [-0.2, 0) is 111 Å². The molecule has 4 unspecified atom stereocenters. The number of nitrogens with one attached hydrogen (secondary N) is 3. The first-order valence-electron chi connectivity index (χ1n) is 28.1. The Bertz CT molecular complexity index is 2690. The number of carbonyl (C=O) groups is 2. The van der Waals surface area contributed by atoms with E-state index in [1.54, 1.807) is 58.5 Å². The molecule has 0 spiro atoms. The van der Waals surface area contributed by atoms with E-state index < -0.39 is 237 Å². The lowest BCUT2D eigenvalue weighted by atomic mass is 9.80. The Morgan fingerprint density at radius 1 is 0.543 bits per heavy atom. The van der Waals surface area contributed by atoms with Crippen LogP contribution >= 0.6 is 0 Å². The molecule has 0 aliphatic carbocycles. The number of carboxylic acids is 1. The quantitative estimate of drug-likeness (QED) is 0.0129. The number of aliphatic carboxylic acids is 1. The second-order valence-electron chi connectivity index (χ2n) is 22.3. The number of rotatable bonds is 32. The maximum Gasteiger partial charge on any atom is 0.500 e. The summed E-state index contributed by atoms with van der Waals surface area (Å²) in [4.78, 5) is 52.1. The fraction of sp³-hybridized carbons (Fsp3) is 0.956. The van der Waals surface area contributed by atoms with E-state index in [9.17, 15) is 97.2 Å². The fourth-order valence-electron chi connectivity index (χ4n) is 9.85. The fourth-order valence-corrected chi connectivity index (χ4v) is 14.0. The molecule has 546 valence electrons. The Kier molecular flexibility index (Phi) is 34.9. The Hall–Kier alpha value is -1.99. The molecule has 0 aromatic carbocycles. The number of nitrogens with two attached hydrogens (primary N) is 1. The first kappa shape index (κ1) is 86.1. The van der Waals surface area contributed by atoms with Crippen molar-refractivity contribution < 1.29 is 171 Å². The molecule has 4 fully saturated rings. The minimum atomic E-state index is -5.34. The number of aliphatic hydroxyl groups is 6. The average molecular weight is 1460 g/mol. The van der Waals surface area contributed by atoms with Crippen molar-refractivity contribution >= 4 is 70.9 Å². The average Bonchev–Trinajstić information content (AvgIpc) is 0.783. The van der Waals surface area contributed by atoms with Crippen LogP contribution in [-0.4, -0.2) is 297 Å². The van der Waals surface area contributed by atoms with Crippen LogP contribution in [0.4, 0.5) is 0 Å². The van der Waals surface area contributed by atoms with Crippen LogP contribution in [0.25, 0.3) is 0 Å². The van der Waals surface area contributed by atoms with Crippen LogP contribution in [0.1, 0.15) is 68.2 Å². The number of ether oxygens (including phenoxy) is 8. The third kappa shape index (κ3) is 28.1. The smallest absolute Gasteiger partial charge is 0.500 e. The summed E-state index contributed by atoms with van der Waals surface area (Å²) in [6.45, 7) is 10.5. The molecule has 4 aliphatic rings. The second kappa shape index (κ2) is 37.3. The number of hydrogen-bond donors (Lipinski definition) is 13. The zero-order valence-electron chi connectivity index (χ0n) is 51.7. The zero-order valence-corrected chi connectivity index (χ0v) is 56.9. The molecular formula is C45H87N4O37S4Si2-5. The van der Waals surface area contributed by atoms with E-state index in [-0.39, 0.29) is 13.0 Å². The van der Waals surface area contributed by atoms with Gasteiger partial charge in [0.1, 0.15) is 73.1 Å². The van der Waals surface area contributed by atoms with Crippen molar-refractivity contribution in [3.63, 3.8) is 0 Å². The van der Waals surface area contributed by atoms with Crippen molar-refractivity contribution in [1.82, 2.24) is 14.8 Å². The maximum absolute atomic E-state index is 13.0. The van der Waals surface area contributed by atoms with Crippen molar-refractivity contribution in [2.75, 3.05) is 47.6 Å². The van der Waals surface area contributed by atoms with E-state index in [1.165, 1.54) is 27.7 Å². The van der Waals surface area contributed by atoms with E-state index >= 15 is 0 Å². The molecule has 4 heterocycles. The van der Waals surface area contributed by atoms with Crippen molar-refractivity contribution in [2.24, 2.45) is 29.4 Å². The van der Waals surface area contributed by atoms with Gasteiger partial charge in [-0.3, -0.25) is 13.2 Å². The summed E-state index contributed by atoms with van der Waals surface area (Å²) in [6, 6.07) is -3.37. The SMILES string of the molecule is CC(C)O[C@H]1O[C@H](COS(=O)(=O)[O-])C(O[C@H]2O[C@@H](C(=O)NCCC[Si](O)(O)O)C(C(C)C)[C@H](O)[C@H]2O)[C@H](O)[C@H]1NS(=O)(=O)[O-].CC(C)O[C@H]1O[C@H](COS(=O)(=O)[O-])C(O[C@H]2O[C@@H](C(=O)[O-])C(C(C)C)[C@H](O)[C@H]2O)[C@H](O)[C@H]1NS(=O)(=O)[O-].CO[Si](CCCN)(OC)OC. The molecule has 0 saturated carbocycles. The topological polar surface area (TPSA) is 650 Å². The highest BCUT2D eigenvalue weighted by atomic mass is 32.3. The molecule has 41 nitrogen and oxygen atoms in total. The first-order valence-corrected chi connectivity index (χ1v) is 37.5. The monoisotopic (exact) mass is 1460 g/mol. The second-order valence-corrected chi connectivity index (χ2v) is 31.9. The molecule has 4 saturated heterocycles. The summed E-state index contributed by atoms with van der Waals surface area (Å²) in [5.74, 6) is -5.82. The molecule has 1 amide bonds. The Labute approximate surface area is 534 Å². The largest absolute Gasteiger partial charge is 0.735 e. The summed E-state index contributed by atoms with van der Waals surface area (Å²) in [7, 11) is -23.1. The third-order valence-corrected chi connectivity index (χ3v) is 19.8. The Morgan fingerprint density at radius 2 is 0.913 bits per heavy atom. The summed E-state index contributed by atoms with van der Waals surface area (Å²) >= 11 is 0. The van der Waals surface area contributed by atoms with E-state index in [0.29, 0.717) is 6.54 Å². The highest BCUT2D eigenvalue weighted by Gasteiger charge is 2.56. The molecule has 0 radical (unpaired) electrons. The maximum atomic E-state index is 13.0. The highest BCUT2D eigenvalue weighted by Crippen LogP contribution is 2.37. The lowest BCUT2D eigenvalue weighted by Crippen LogP contribution is -2.68. The van der Waals surface area contributed by atoms with Crippen LogP contribution < -0.4 is 25.6 Å². The molecule has 0 aromatic heterocycles. The van der Waals surface area contributed by atoms with Crippen LogP contribution in [0.5, 0.6) is 0 Å². The van der Waals surface area contributed by atoms with Crippen molar-refractivity contribution in [3.8, 4) is 0 Å². The lowest BCUT2D eigenvalue weighted by Gasteiger charge is -2.49. The van der Waals surface area contributed by atoms with E-state index in [2.05, 4.69) is 13.7 Å². The van der Waals surface area contributed by atoms with Crippen LogP contribution in [0.3, 0.4) is 0 Å². The minimum absolute atomic E-state index is 0.0435. The first-order chi connectivity index (χ1) is 42.1. The predicted octanol–water partition coefficient (Wildman–Crippen LogP) is -9.62. The van der Waals surface area contributed by atoms with Gasteiger partial charge in [0.2, 0.25) is 26.7 Å². The standard InChI is InChI=1S/C21H42N2O18S2Si.C18H33NO16S2.C6H17NO3Si/c1-9(2)12-14(24)16(26)21(41-18(12)19(27)22-6-5-7-44(34,35)36)40-17-11(8-37-43(31,32)33)39-20(38-10(3)4)13(15(17)25)23-42(28,29)30;1-6(2)9-11(20)13(22)18(35-15(9)16(23)24)34-14-8(5-31-37(28,29)30)33-17(32-7(3)4)10(12(14)21)19-36(25,26)27;1-8-11(9-2,10-3)6-4-5-7/h9-18,20-21,23-26,34-36H,5-8H2,1-4H3,(H,22,27)(H,28,29,30)(H,31,32,33);6-15,17-22H,5H2,1-4H3,(H,23,24)(H,25,26,27)(H,28,29,30);4-7H2,1-3H3/p-5/t11-,12?,13-,14+,15-,16-,17?,18-,20+,21+;8-,9?,10-,11+,12-,13-,14?,15-,17+,18+;/m11./s1. The molecule has 20 atom stereocenters. The summed E-state index contributed by atoms with van der Waals surface area (Å²) < 4.78 is 206. The number of carboxylic acid groups (broad SMARTS) is 1. The van der Waals surface area contributed by atoms with Crippen LogP contribution in [0.15, 0.2) is 0 Å². The number of carbonyl (C=O) groups excluding carboxylic acids is 2. The van der Waals surface area contributed by atoms with E-state index in [0.717, 1.165) is 12.5 Å². The Morgan fingerprint density at radius 3 is 1.22 bits per heavy atom. The minimum Gasteiger partial charge on any atom is -0.735 e. The number of hydrogen-bond acceptors (Lipinski definition) is 38. The van der Waals surface area contributed by atoms with Gasteiger partial charge in [0.05, 0.1) is 43.6 Å². The molecule has 14 N–H and O–H groups in total. The third-order valence-electron chi connectivity index (χ3n) is 14.0. The molecule has 47 heteroatoms. The van der Waals surface area contributed by atoms with Gasteiger partial charge >= 0.3 is 17.6 Å². The highest BCUT2D eigenvalue weighted by molar-refractivity contribution is 7.84. The number of amides is 1. The molecular weight excluding hydrogens is 1370 g/mol. The summed E-state index contributed by atoms with van der Waals surface area (Å²) in [6.07, 6.45) is -30.3. The zero-order chi connectivity index (χ0) is 71.0. The van der Waals surface area contributed by atoms with Gasteiger partial charge in [-0.2, -0.15) is 0 Å². The van der Waals surface area contributed by atoms with Gasteiger partial charge in [-0.25, -0.2) is 43.1 Å². The van der Waals surface area contributed by atoms with Crippen LogP contribution in [0.2, 0.25) is 12.1 Å². The normalized spacial score (nSPS) is 32.8. The lowest BCUT2D eigenvalue weighted by molar-refractivity contribution is -0.365. The predicted molar refractivity (Wildman–Crippen MR) is 299 cm³/mol. The van der Waals surface area contributed by atoms with Crippen molar-refractivity contribution in [3.05, 3.63) is 0 Å². The van der Waals surface area contributed by atoms with E-state index in [4.69, 9.17) is 71.3 Å². The molecule has 4 rings (SSSR count). The van der Waals surface area contributed by atoms with Gasteiger partial charge in [-0.15, -0.1) is 0 Å². The van der Waals surface area contributed by atoms with Gasteiger partial charge in [0, 0.05) is 51.8 Å². The molecule has 0 bridgehead atoms. The van der Waals surface area contributed by atoms with E-state index in [1.807, 2.05) is 0 Å². The molecule has 4 aliphatic heterocycles. The van der Waals surface area contributed by atoms with Crippen molar-refractivity contribution in [2.45, 2.75) is 203 Å². The van der Waals surface area contributed by atoms with Crippen LogP contribution in [0, 0.1) is 23.7 Å².